The number of benzene rings is 1. The SMILES string of the molecule is CN1CCC(CNCc2ccc(F)cc2Br)C1. The van der Waals surface area contributed by atoms with Gasteiger partial charge in [0, 0.05) is 17.6 Å². The van der Waals surface area contributed by atoms with Crippen molar-refractivity contribution >= 4 is 15.9 Å². The molecule has 1 N–H and O–H groups in total. The van der Waals surface area contributed by atoms with Crippen molar-refractivity contribution in [3.05, 3.63) is 34.1 Å². The first kappa shape index (κ1) is 13.0. The zero-order chi connectivity index (χ0) is 12.3. The molecule has 0 spiro atoms. The highest BCUT2D eigenvalue weighted by molar-refractivity contribution is 9.10. The number of nitrogens with one attached hydrogen (secondary N) is 1. The fourth-order valence-electron chi connectivity index (χ4n) is 2.27. The average molecular weight is 301 g/mol. The van der Waals surface area contributed by atoms with Crippen LogP contribution >= 0.6 is 15.9 Å². The fraction of sp³-hybridized carbons (Fsp3) is 0.538. The normalized spacial score (nSPS) is 21.0. The summed E-state index contributed by atoms with van der Waals surface area (Å²) in [5.74, 6) is 0.553. The molecule has 0 radical (unpaired) electrons. The smallest absolute Gasteiger partial charge is 0.124 e. The minimum absolute atomic E-state index is 0.196. The van der Waals surface area contributed by atoms with E-state index in [1.54, 1.807) is 0 Å². The Morgan fingerprint density at radius 1 is 1.53 bits per heavy atom. The Labute approximate surface area is 110 Å². The molecule has 0 saturated carbocycles. The quantitative estimate of drug-likeness (QED) is 0.920. The van der Waals surface area contributed by atoms with E-state index in [0.717, 1.165) is 29.0 Å². The van der Waals surface area contributed by atoms with Crippen LogP contribution in [-0.4, -0.2) is 31.6 Å². The van der Waals surface area contributed by atoms with Crippen molar-refractivity contribution in [1.82, 2.24) is 10.2 Å². The van der Waals surface area contributed by atoms with Gasteiger partial charge in [0.1, 0.15) is 5.82 Å². The third kappa shape index (κ3) is 3.76. The van der Waals surface area contributed by atoms with Gasteiger partial charge in [0.25, 0.3) is 0 Å². The standard InChI is InChI=1S/C13H18BrFN2/c1-17-5-4-10(9-17)7-16-8-11-2-3-12(15)6-13(11)14/h2-3,6,10,16H,4-5,7-9H2,1H3. The molecule has 0 aliphatic carbocycles. The molecule has 0 amide bonds. The lowest BCUT2D eigenvalue weighted by Gasteiger charge is -2.12. The lowest BCUT2D eigenvalue weighted by molar-refractivity contribution is 0.388. The van der Waals surface area contributed by atoms with Gasteiger partial charge in [-0.3, -0.25) is 0 Å². The van der Waals surface area contributed by atoms with Gasteiger partial charge in [-0.25, -0.2) is 4.39 Å². The lowest BCUT2D eigenvalue weighted by Crippen LogP contribution is -2.24. The molecule has 2 nitrogen and oxygen atoms in total. The van der Waals surface area contributed by atoms with Crippen LogP contribution in [0.15, 0.2) is 22.7 Å². The van der Waals surface area contributed by atoms with Crippen LogP contribution in [0.5, 0.6) is 0 Å². The van der Waals surface area contributed by atoms with Gasteiger partial charge >= 0.3 is 0 Å². The molecule has 1 aliphatic rings. The van der Waals surface area contributed by atoms with Crippen molar-refractivity contribution in [2.45, 2.75) is 13.0 Å². The summed E-state index contributed by atoms with van der Waals surface area (Å²) in [5, 5.41) is 3.45. The van der Waals surface area contributed by atoms with Crippen molar-refractivity contribution < 1.29 is 4.39 Å². The summed E-state index contributed by atoms with van der Waals surface area (Å²) in [5.41, 5.74) is 1.11. The van der Waals surface area contributed by atoms with Gasteiger partial charge in [-0.1, -0.05) is 22.0 Å². The molecule has 1 unspecified atom stereocenters. The van der Waals surface area contributed by atoms with Gasteiger partial charge < -0.3 is 10.2 Å². The Morgan fingerprint density at radius 2 is 2.35 bits per heavy atom. The second-order valence-corrected chi connectivity index (χ2v) is 5.64. The van der Waals surface area contributed by atoms with Crippen molar-refractivity contribution in [3.8, 4) is 0 Å². The van der Waals surface area contributed by atoms with Gasteiger partial charge in [0.05, 0.1) is 0 Å². The third-order valence-electron chi connectivity index (χ3n) is 3.25. The predicted molar refractivity (Wildman–Crippen MR) is 71.4 cm³/mol. The number of hydrogen-bond donors (Lipinski definition) is 1. The summed E-state index contributed by atoms with van der Waals surface area (Å²) in [4.78, 5) is 2.36. The molecule has 2 rings (SSSR count). The Hall–Kier alpha value is -0.450. The summed E-state index contributed by atoms with van der Waals surface area (Å²) in [6.07, 6.45) is 1.27. The molecule has 0 aromatic heterocycles. The second kappa shape index (κ2) is 5.94. The molecular weight excluding hydrogens is 283 g/mol. The maximum Gasteiger partial charge on any atom is 0.124 e. The van der Waals surface area contributed by atoms with Crippen LogP contribution < -0.4 is 5.32 Å². The van der Waals surface area contributed by atoms with E-state index in [1.165, 1.54) is 31.6 Å². The molecule has 1 aliphatic heterocycles. The first-order valence-electron chi connectivity index (χ1n) is 5.98. The van der Waals surface area contributed by atoms with Crippen LogP contribution in [0, 0.1) is 11.7 Å². The molecule has 1 saturated heterocycles. The fourth-order valence-corrected chi connectivity index (χ4v) is 2.76. The number of halogens is 2. The van der Waals surface area contributed by atoms with Crippen LogP contribution in [0.1, 0.15) is 12.0 Å². The molecule has 1 heterocycles. The highest BCUT2D eigenvalue weighted by atomic mass is 79.9. The van der Waals surface area contributed by atoms with E-state index < -0.39 is 0 Å². The van der Waals surface area contributed by atoms with Gasteiger partial charge in [-0.05, 0) is 50.2 Å². The van der Waals surface area contributed by atoms with Crippen molar-refractivity contribution in [1.29, 1.82) is 0 Å². The number of hydrogen-bond acceptors (Lipinski definition) is 2. The molecule has 0 bridgehead atoms. The van der Waals surface area contributed by atoms with Crippen LogP contribution in [0.2, 0.25) is 0 Å². The number of rotatable bonds is 4. The van der Waals surface area contributed by atoms with E-state index in [-0.39, 0.29) is 5.82 Å². The zero-order valence-electron chi connectivity index (χ0n) is 10.0. The Balaban J connectivity index is 1.78. The van der Waals surface area contributed by atoms with E-state index >= 15 is 0 Å². The third-order valence-corrected chi connectivity index (χ3v) is 3.99. The maximum absolute atomic E-state index is 12.9. The lowest BCUT2D eigenvalue weighted by atomic mass is 10.1. The second-order valence-electron chi connectivity index (χ2n) is 4.78. The Bertz CT molecular complexity index is 384. The van der Waals surface area contributed by atoms with Gasteiger partial charge in [0.2, 0.25) is 0 Å². The first-order valence-corrected chi connectivity index (χ1v) is 6.77. The molecular formula is C13H18BrFN2. The maximum atomic E-state index is 12.9. The molecule has 1 atom stereocenters. The van der Waals surface area contributed by atoms with Crippen LogP contribution in [0.4, 0.5) is 4.39 Å². The predicted octanol–water partition coefficient (Wildman–Crippen LogP) is 2.63. The summed E-state index contributed by atoms with van der Waals surface area (Å²) in [6, 6.07) is 4.85. The topological polar surface area (TPSA) is 15.3 Å². The van der Waals surface area contributed by atoms with Gasteiger partial charge in [-0.15, -0.1) is 0 Å². The summed E-state index contributed by atoms with van der Waals surface area (Å²) in [6.45, 7) is 4.21. The molecule has 1 aromatic carbocycles. The minimum Gasteiger partial charge on any atom is -0.312 e. The first-order chi connectivity index (χ1) is 8.15. The summed E-state index contributed by atoms with van der Waals surface area (Å²) in [7, 11) is 2.16. The number of nitrogens with zero attached hydrogens (tertiary/aromatic N) is 1. The van der Waals surface area contributed by atoms with Crippen LogP contribution in [0.25, 0.3) is 0 Å². The molecule has 17 heavy (non-hydrogen) atoms. The Morgan fingerprint density at radius 3 is 3.00 bits per heavy atom. The van der Waals surface area contributed by atoms with Crippen molar-refractivity contribution in [2.24, 2.45) is 5.92 Å². The van der Waals surface area contributed by atoms with Gasteiger partial charge in [-0.2, -0.15) is 0 Å². The van der Waals surface area contributed by atoms with Crippen LogP contribution in [0.3, 0.4) is 0 Å². The van der Waals surface area contributed by atoms with Crippen molar-refractivity contribution in [2.75, 3.05) is 26.7 Å². The minimum atomic E-state index is -0.196. The largest absolute Gasteiger partial charge is 0.312 e. The Kier molecular flexibility index (Phi) is 4.54. The summed E-state index contributed by atoms with van der Waals surface area (Å²) < 4.78 is 13.7. The number of likely N-dealkylation sites (tertiary alicyclic amines) is 1. The van der Waals surface area contributed by atoms with Gasteiger partial charge in [0.15, 0.2) is 0 Å². The zero-order valence-corrected chi connectivity index (χ0v) is 11.6. The highest BCUT2D eigenvalue weighted by Crippen LogP contribution is 2.18. The van der Waals surface area contributed by atoms with E-state index in [4.69, 9.17) is 0 Å². The monoisotopic (exact) mass is 300 g/mol. The summed E-state index contributed by atoms with van der Waals surface area (Å²) >= 11 is 3.38. The van der Waals surface area contributed by atoms with E-state index in [9.17, 15) is 4.39 Å². The van der Waals surface area contributed by atoms with E-state index in [1.807, 2.05) is 6.07 Å². The molecule has 1 fully saturated rings. The molecule has 1 aromatic rings. The van der Waals surface area contributed by atoms with Crippen LogP contribution in [-0.2, 0) is 6.54 Å². The van der Waals surface area contributed by atoms with E-state index in [0.29, 0.717) is 0 Å². The van der Waals surface area contributed by atoms with E-state index in [2.05, 4.69) is 33.2 Å². The van der Waals surface area contributed by atoms with Crippen molar-refractivity contribution in [3.63, 3.8) is 0 Å². The average Bonchev–Trinajstić information content (AvgIpc) is 2.68. The molecule has 4 heteroatoms. The highest BCUT2D eigenvalue weighted by Gasteiger charge is 2.18. The molecule has 94 valence electrons.